The largest absolute Gasteiger partial charge is 0.185 e. The molecule has 0 atom stereocenters. The lowest BCUT2D eigenvalue weighted by Crippen LogP contribution is -2.30. The van der Waals surface area contributed by atoms with Gasteiger partial charge in [-0.3, -0.25) is 0 Å². The number of rotatable bonds is 3. The molecule has 0 unspecified atom stereocenters. The Labute approximate surface area is 49.4 Å². The van der Waals surface area contributed by atoms with Crippen LogP contribution >= 0.6 is 0 Å². The third-order valence-electron chi connectivity index (χ3n) is 0.816. The van der Waals surface area contributed by atoms with Gasteiger partial charge in [0.2, 0.25) is 0 Å². The van der Waals surface area contributed by atoms with Crippen LogP contribution in [0.25, 0.3) is 0 Å². The normalized spacial score (nSPS) is 12.0. The van der Waals surface area contributed by atoms with E-state index in [4.69, 9.17) is 0 Å². The van der Waals surface area contributed by atoms with Crippen molar-refractivity contribution in [3.63, 3.8) is 0 Å². The van der Waals surface area contributed by atoms with E-state index in [2.05, 4.69) is 0 Å². The summed E-state index contributed by atoms with van der Waals surface area (Å²) in [5.41, 5.74) is 0. The Morgan fingerprint density at radius 1 is 1.11 bits per heavy atom. The molecule has 2 nitrogen and oxygen atoms in total. The second kappa shape index (κ2) is 3.62. The maximum atomic E-state index is 11.3. The van der Waals surface area contributed by atoms with Gasteiger partial charge in [0, 0.05) is 10.7 Å². The van der Waals surface area contributed by atoms with E-state index in [1.165, 1.54) is 6.92 Å². The summed E-state index contributed by atoms with van der Waals surface area (Å²) in [6.07, 6.45) is -2.40. The predicted molar refractivity (Wildman–Crippen MR) is 22.2 cm³/mol. The molecule has 9 heavy (non-hydrogen) atoms. The Kier molecular flexibility index (Phi) is 3.48. The summed E-state index contributed by atoms with van der Waals surface area (Å²) in [5.74, 6) is 0. The van der Waals surface area contributed by atoms with E-state index in [-0.39, 0.29) is 6.42 Å². The van der Waals surface area contributed by atoms with Crippen LogP contribution in [-0.2, 0) is 0 Å². The Bertz CT molecular complexity index is 68.2. The fourth-order valence-electron chi connectivity index (χ4n) is 0.342. The molecular formula is C3H6F4N2. The van der Waals surface area contributed by atoms with Gasteiger partial charge in [-0.2, -0.15) is 0 Å². The van der Waals surface area contributed by atoms with Crippen LogP contribution in [0.15, 0.2) is 0 Å². The summed E-state index contributed by atoms with van der Waals surface area (Å²) in [5, 5.41) is -3.06. The summed E-state index contributed by atoms with van der Waals surface area (Å²) in [4.78, 5) is 0. The van der Waals surface area contributed by atoms with Crippen LogP contribution in [0.2, 0.25) is 0 Å². The van der Waals surface area contributed by atoms with Crippen molar-refractivity contribution in [2.75, 3.05) is 0 Å². The first-order valence-corrected chi connectivity index (χ1v) is 2.31. The van der Waals surface area contributed by atoms with E-state index >= 15 is 0 Å². The number of halogens is 4. The van der Waals surface area contributed by atoms with Gasteiger partial charge in [0.25, 0.3) is 0 Å². The van der Waals surface area contributed by atoms with Crippen molar-refractivity contribution in [1.29, 1.82) is 0 Å². The molecule has 0 radical (unpaired) electrons. The molecule has 0 fully saturated rings. The molecule has 0 saturated heterocycles. The molecule has 0 spiro atoms. The van der Waals surface area contributed by atoms with Crippen LogP contribution < -0.4 is 0 Å². The van der Waals surface area contributed by atoms with E-state index in [1.807, 2.05) is 0 Å². The van der Waals surface area contributed by atoms with Gasteiger partial charge in [-0.05, 0) is 6.42 Å². The summed E-state index contributed by atoms with van der Waals surface area (Å²) in [6, 6.07) is 0. The van der Waals surface area contributed by atoms with Crippen LogP contribution in [0.1, 0.15) is 13.3 Å². The molecule has 0 aliphatic heterocycles. The van der Waals surface area contributed by atoms with Crippen molar-refractivity contribution < 1.29 is 17.9 Å². The van der Waals surface area contributed by atoms with E-state index in [9.17, 15) is 17.9 Å². The second-order valence-corrected chi connectivity index (χ2v) is 1.41. The molecule has 0 aromatic rings. The van der Waals surface area contributed by atoms with E-state index in [1.54, 1.807) is 0 Å². The zero-order chi connectivity index (χ0) is 7.44. The quantitative estimate of drug-likeness (QED) is 0.340. The third-order valence-corrected chi connectivity index (χ3v) is 0.816. The summed E-state index contributed by atoms with van der Waals surface area (Å²) < 4.78 is 45.0. The van der Waals surface area contributed by atoms with Gasteiger partial charge in [0.15, 0.2) is 6.17 Å². The van der Waals surface area contributed by atoms with Crippen molar-refractivity contribution in [3.05, 3.63) is 0 Å². The molecule has 0 N–H and O–H groups in total. The molecule has 0 bridgehead atoms. The number of hydrogen-bond donors (Lipinski definition) is 0. The molecule has 0 aliphatic rings. The minimum Gasteiger partial charge on any atom is -0.0996 e. The summed E-state index contributed by atoms with van der Waals surface area (Å²) in [7, 11) is 0. The fraction of sp³-hybridized carbons (Fsp3) is 1.00. The number of hydrogen-bond acceptors (Lipinski definition) is 2. The van der Waals surface area contributed by atoms with Crippen molar-refractivity contribution in [2.24, 2.45) is 0 Å². The lowest BCUT2D eigenvalue weighted by atomic mass is 10.4. The molecule has 0 aromatic carbocycles. The van der Waals surface area contributed by atoms with Gasteiger partial charge in [0.05, 0.1) is 0 Å². The lowest BCUT2D eigenvalue weighted by Gasteiger charge is -2.12. The average Bonchev–Trinajstić information content (AvgIpc) is 1.64. The molecular weight excluding hydrogens is 140 g/mol. The van der Waals surface area contributed by atoms with Crippen molar-refractivity contribution in [1.82, 2.24) is 10.7 Å². The highest BCUT2D eigenvalue weighted by atomic mass is 19.4. The molecule has 0 amide bonds. The Hall–Kier alpha value is -0.360. The van der Waals surface area contributed by atoms with Crippen molar-refractivity contribution in [3.8, 4) is 0 Å². The van der Waals surface area contributed by atoms with Crippen LogP contribution in [-0.4, -0.2) is 16.9 Å². The van der Waals surface area contributed by atoms with Gasteiger partial charge >= 0.3 is 0 Å². The zero-order valence-corrected chi connectivity index (χ0v) is 4.69. The fourth-order valence-corrected chi connectivity index (χ4v) is 0.342. The smallest absolute Gasteiger partial charge is 0.0996 e. The van der Waals surface area contributed by atoms with Gasteiger partial charge in [-0.1, -0.05) is 24.8 Å². The lowest BCUT2D eigenvalue weighted by molar-refractivity contribution is -0.318. The number of nitrogens with zero attached hydrogens (tertiary/aromatic N) is 2. The van der Waals surface area contributed by atoms with E-state index in [0.717, 1.165) is 0 Å². The highest BCUT2D eigenvalue weighted by molar-refractivity contribution is 4.44. The minimum absolute atomic E-state index is 0.319. The predicted octanol–water partition coefficient (Wildman–Crippen LogP) is 1.86. The second-order valence-electron chi connectivity index (χ2n) is 1.41. The monoisotopic (exact) mass is 146 g/mol. The average molecular weight is 146 g/mol. The molecule has 6 heteroatoms. The minimum atomic E-state index is -2.08. The van der Waals surface area contributed by atoms with Crippen LogP contribution in [0, 0.1) is 0 Å². The van der Waals surface area contributed by atoms with E-state index < -0.39 is 16.9 Å². The standard InChI is InChI=1S/C3H6F4N2/c1-2-3(8(4)5)9(6)7/h3H,2H2,1H3. The summed E-state index contributed by atoms with van der Waals surface area (Å²) in [6.45, 7) is 1.24. The Balaban J connectivity index is 3.68. The summed E-state index contributed by atoms with van der Waals surface area (Å²) >= 11 is 0. The molecule has 0 heterocycles. The first kappa shape index (κ1) is 8.64. The maximum absolute atomic E-state index is 11.3. The van der Waals surface area contributed by atoms with Crippen molar-refractivity contribution in [2.45, 2.75) is 19.5 Å². The van der Waals surface area contributed by atoms with Gasteiger partial charge in [-0.25, -0.2) is 0 Å². The van der Waals surface area contributed by atoms with Gasteiger partial charge in [-0.15, -0.1) is 0 Å². The third kappa shape index (κ3) is 2.62. The zero-order valence-electron chi connectivity index (χ0n) is 4.69. The van der Waals surface area contributed by atoms with Crippen molar-refractivity contribution >= 4 is 0 Å². The van der Waals surface area contributed by atoms with Crippen LogP contribution in [0.4, 0.5) is 17.9 Å². The van der Waals surface area contributed by atoms with Gasteiger partial charge < -0.3 is 0 Å². The van der Waals surface area contributed by atoms with E-state index in [0.29, 0.717) is 0 Å². The molecule has 0 rings (SSSR count). The van der Waals surface area contributed by atoms with Gasteiger partial charge in [0.1, 0.15) is 0 Å². The highest BCUT2D eigenvalue weighted by Gasteiger charge is 2.24. The molecule has 56 valence electrons. The Morgan fingerprint density at radius 3 is 1.44 bits per heavy atom. The Morgan fingerprint density at radius 2 is 1.44 bits per heavy atom. The first-order valence-electron chi connectivity index (χ1n) is 2.31. The van der Waals surface area contributed by atoms with Crippen LogP contribution in [0.5, 0.6) is 0 Å². The first-order chi connectivity index (χ1) is 4.09. The van der Waals surface area contributed by atoms with Crippen LogP contribution in [0.3, 0.4) is 0 Å². The SMILES string of the molecule is CCC(N(F)F)N(F)F. The highest BCUT2D eigenvalue weighted by Crippen LogP contribution is 2.11. The topological polar surface area (TPSA) is 6.48 Å². The molecule has 0 aromatic heterocycles. The maximum Gasteiger partial charge on any atom is 0.185 e. The molecule has 0 saturated carbocycles. The molecule has 0 aliphatic carbocycles.